The topological polar surface area (TPSA) is 74.5 Å². The number of nitrogens with zero attached hydrogens (tertiary/aromatic N) is 5. The van der Waals surface area contributed by atoms with Crippen LogP contribution in [0.15, 0.2) is 35.5 Å². The van der Waals surface area contributed by atoms with E-state index in [9.17, 15) is 9.90 Å². The van der Waals surface area contributed by atoms with Crippen molar-refractivity contribution in [2.75, 3.05) is 24.6 Å². The van der Waals surface area contributed by atoms with Crippen LogP contribution in [-0.4, -0.2) is 56.3 Å². The molecule has 1 N–H and O–H groups in total. The minimum absolute atomic E-state index is 0.212. The Balaban J connectivity index is 1.24. The number of aromatic nitrogens is 3. The predicted octanol–water partition coefficient (Wildman–Crippen LogP) is 2.00. The molecule has 0 aromatic carbocycles. The van der Waals surface area contributed by atoms with E-state index >= 15 is 0 Å². The molecule has 2 aromatic rings. The Kier molecular flexibility index (Phi) is 4.83. The number of aliphatic hydroxyl groups excluding tert-OH is 1. The molecule has 31 heavy (non-hydrogen) atoms. The number of piperidine rings is 2. The molecule has 0 radical (unpaired) electrons. The Hall–Kier alpha value is -2.25. The minimum Gasteiger partial charge on any atom is -0.396 e. The zero-order valence-electron chi connectivity index (χ0n) is 17.9. The number of aliphatic hydroxyl groups is 1. The summed E-state index contributed by atoms with van der Waals surface area (Å²) < 4.78 is 2.07. The van der Waals surface area contributed by atoms with Crippen LogP contribution in [0, 0.1) is 11.8 Å². The summed E-state index contributed by atoms with van der Waals surface area (Å²) in [5.41, 5.74) is 2.33. The van der Waals surface area contributed by atoms with E-state index in [2.05, 4.69) is 36.5 Å². The van der Waals surface area contributed by atoms with Gasteiger partial charge < -0.3 is 14.6 Å². The quantitative estimate of drug-likeness (QED) is 0.814. The van der Waals surface area contributed by atoms with Gasteiger partial charge in [0.05, 0.1) is 6.20 Å². The summed E-state index contributed by atoms with van der Waals surface area (Å²) in [5, 5.41) is 9.59. The SMILES string of the molecule is O=c1c(CN2[C@@H]3CC[C@H]2CC(CO)C3)ccc2n1C[C@H]1C[C@@H]2CN(c2cnccn2)C1. The summed E-state index contributed by atoms with van der Waals surface area (Å²) >= 11 is 0. The molecule has 2 aromatic heterocycles. The van der Waals surface area contributed by atoms with Crippen LogP contribution in [0.4, 0.5) is 5.82 Å². The van der Waals surface area contributed by atoms with E-state index in [-0.39, 0.29) is 5.56 Å². The lowest BCUT2D eigenvalue weighted by Crippen LogP contribution is -2.48. The zero-order chi connectivity index (χ0) is 20.9. The van der Waals surface area contributed by atoms with Crippen LogP contribution in [-0.2, 0) is 13.1 Å². The number of anilines is 1. The van der Waals surface area contributed by atoms with E-state index in [1.165, 1.54) is 18.5 Å². The highest BCUT2D eigenvalue weighted by Crippen LogP contribution is 2.40. The van der Waals surface area contributed by atoms with Gasteiger partial charge in [-0.3, -0.25) is 14.7 Å². The predicted molar refractivity (Wildman–Crippen MR) is 118 cm³/mol. The number of hydrogen-bond acceptors (Lipinski definition) is 6. The molecule has 3 saturated heterocycles. The fourth-order valence-corrected chi connectivity index (χ4v) is 6.74. The zero-order valence-corrected chi connectivity index (χ0v) is 17.9. The van der Waals surface area contributed by atoms with Crippen LogP contribution >= 0.6 is 0 Å². The van der Waals surface area contributed by atoms with Crippen molar-refractivity contribution in [2.24, 2.45) is 11.8 Å². The van der Waals surface area contributed by atoms with Gasteiger partial charge in [-0.2, -0.15) is 0 Å². The monoisotopic (exact) mass is 421 g/mol. The molecule has 164 valence electrons. The molecule has 6 rings (SSSR count). The van der Waals surface area contributed by atoms with Crippen molar-refractivity contribution in [3.8, 4) is 0 Å². The summed E-state index contributed by atoms with van der Waals surface area (Å²) in [6.45, 7) is 3.69. The summed E-state index contributed by atoms with van der Waals surface area (Å²) in [6.07, 6.45) is 11.0. The average molecular weight is 422 g/mol. The second-order valence-corrected chi connectivity index (χ2v) is 10.0. The second kappa shape index (κ2) is 7.71. The van der Waals surface area contributed by atoms with E-state index < -0.39 is 0 Å². The van der Waals surface area contributed by atoms with Gasteiger partial charge >= 0.3 is 0 Å². The van der Waals surface area contributed by atoms with E-state index in [0.717, 1.165) is 56.8 Å². The maximum absolute atomic E-state index is 13.5. The van der Waals surface area contributed by atoms with Gasteiger partial charge in [0.1, 0.15) is 5.82 Å². The van der Waals surface area contributed by atoms with Crippen molar-refractivity contribution in [3.63, 3.8) is 0 Å². The van der Waals surface area contributed by atoms with Gasteiger partial charge in [0.2, 0.25) is 0 Å². The molecule has 0 amide bonds. The van der Waals surface area contributed by atoms with Gasteiger partial charge in [0.25, 0.3) is 5.56 Å². The van der Waals surface area contributed by atoms with Crippen molar-refractivity contribution in [1.82, 2.24) is 19.4 Å². The summed E-state index contributed by atoms with van der Waals surface area (Å²) in [4.78, 5) is 27.1. The highest BCUT2D eigenvalue weighted by Gasteiger charge is 2.41. The van der Waals surface area contributed by atoms with Gasteiger partial charge in [-0.1, -0.05) is 6.07 Å². The van der Waals surface area contributed by atoms with Gasteiger partial charge in [-0.05, 0) is 50.0 Å². The van der Waals surface area contributed by atoms with Gasteiger partial charge in [-0.25, -0.2) is 4.98 Å². The van der Waals surface area contributed by atoms with Crippen molar-refractivity contribution in [3.05, 3.63) is 52.3 Å². The number of rotatable bonds is 4. The molecule has 0 aliphatic carbocycles. The molecule has 0 saturated carbocycles. The van der Waals surface area contributed by atoms with Gasteiger partial charge in [0, 0.05) is 74.4 Å². The molecule has 3 fully saturated rings. The van der Waals surface area contributed by atoms with Crippen LogP contribution in [0.3, 0.4) is 0 Å². The third kappa shape index (κ3) is 3.38. The molecule has 1 unspecified atom stereocenters. The number of pyridine rings is 1. The first-order valence-electron chi connectivity index (χ1n) is 11.8. The first kappa shape index (κ1) is 19.4. The maximum atomic E-state index is 13.5. The van der Waals surface area contributed by atoms with E-state index in [0.29, 0.717) is 36.4 Å². The standard InChI is InChI=1S/C24H31N5O2/c30-15-16-8-20-2-3-21(9-16)28(20)14-18-1-4-22-19-7-17(12-29(22)24(18)31)11-27(13-19)23-10-25-5-6-26-23/h1,4-6,10,16-17,19-21,30H,2-3,7-9,11-15H2/t16?,17-,19+,20-,21+/m0/s1. The van der Waals surface area contributed by atoms with Crippen molar-refractivity contribution in [2.45, 2.75) is 63.2 Å². The summed E-state index contributed by atoms with van der Waals surface area (Å²) in [5.74, 6) is 2.21. The molecule has 6 heterocycles. The summed E-state index contributed by atoms with van der Waals surface area (Å²) in [7, 11) is 0. The van der Waals surface area contributed by atoms with Crippen molar-refractivity contribution >= 4 is 5.82 Å². The van der Waals surface area contributed by atoms with Crippen LogP contribution in [0.1, 0.15) is 49.3 Å². The van der Waals surface area contributed by atoms with Crippen molar-refractivity contribution in [1.29, 1.82) is 0 Å². The molecular formula is C24H31N5O2. The highest BCUT2D eigenvalue weighted by atomic mass is 16.3. The largest absolute Gasteiger partial charge is 0.396 e. The fraction of sp³-hybridized carbons (Fsp3) is 0.625. The first-order valence-corrected chi connectivity index (χ1v) is 11.8. The van der Waals surface area contributed by atoms with Crippen LogP contribution in [0.25, 0.3) is 0 Å². The Morgan fingerprint density at radius 1 is 1.03 bits per heavy atom. The molecule has 5 atom stereocenters. The second-order valence-electron chi connectivity index (χ2n) is 10.0. The molecule has 4 aliphatic heterocycles. The third-order valence-corrected chi connectivity index (χ3v) is 8.15. The molecule has 7 heteroatoms. The lowest BCUT2D eigenvalue weighted by molar-refractivity contribution is 0.0678. The number of fused-ring (bicyclic) bond motifs is 6. The minimum atomic E-state index is 0.212. The van der Waals surface area contributed by atoms with E-state index in [1.807, 2.05) is 6.20 Å². The highest BCUT2D eigenvalue weighted by molar-refractivity contribution is 5.38. The molecule has 4 bridgehead atoms. The third-order valence-electron chi connectivity index (χ3n) is 8.15. The maximum Gasteiger partial charge on any atom is 0.255 e. The number of hydrogen-bond donors (Lipinski definition) is 1. The Morgan fingerprint density at radius 2 is 1.87 bits per heavy atom. The van der Waals surface area contributed by atoms with Crippen LogP contribution in [0.2, 0.25) is 0 Å². The van der Waals surface area contributed by atoms with Crippen LogP contribution in [0.5, 0.6) is 0 Å². The molecule has 4 aliphatic rings. The van der Waals surface area contributed by atoms with Gasteiger partial charge in [-0.15, -0.1) is 0 Å². The Labute approximate surface area is 182 Å². The van der Waals surface area contributed by atoms with Gasteiger partial charge in [0.15, 0.2) is 0 Å². The lowest BCUT2D eigenvalue weighted by Gasteiger charge is -2.43. The Morgan fingerprint density at radius 3 is 2.61 bits per heavy atom. The smallest absolute Gasteiger partial charge is 0.255 e. The van der Waals surface area contributed by atoms with E-state index in [1.54, 1.807) is 12.4 Å². The molecule has 7 nitrogen and oxygen atoms in total. The first-order chi connectivity index (χ1) is 15.2. The normalized spacial score (nSPS) is 32.2. The lowest BCUT2D eigenvalue weighted by atomic mass is 9.83. The molecular weight excluding hydrogens is 390 g/mol. The fourth-order valence-electron chi connectivity index (χ4n) is 6.74. The van der Waals surface area contributed by atoms with E-state index in [4.69, 9.17) is 0 Å². The summed E-state index contributed by atoms with van der Waals surface area (Å²) in [6, 6.07) is 5.35. The molecule has 0 spiro atoms. The average Bonchev–Trinajstić information content (AvgIpc) is 3.03. The Bertz CT molecular complexity index is 995. The van der Waals surface area contributed by atoms with Crippen LogP contribution < -0.4 is 10.5 Å². The van der Waals surface area contributed by atoms with Crippen molar-refractivity contribution < 1.29 is 5.11 Å².